The van der Waals surface area contributed by atoms with Crippen molar-refractivity contribution >= 4 is 15.9 Å². The second kappa shape index (κ2) is 4.76. The molecule has 1 saturated heterocycles. The molecule has 0 saturated carbocycles. The van der Waals surface area contributed by atoms with Crippen molar-refractivity contribution in [1.29, 1.82) is 0 Å². The number of ether oxygens (including phenoxy) is 2. The minimum Gasteiger partial charge on any atom is -0.487 e. The molecule has 1 aromatic rings. The van der Waals surface area contributed by atoms with Crippen LogP contribution in [0.5, 0.6) is 5.75 Å². The second-order valence-corrected chi connectivity index (χ2v) is 6.86. The first-order chi connectivity index (χ1) is 8.97. The van der Waals surface area contributed by atoms with Gasteiger partial charge in [0, 0.05) is 35.3 Å². The Morgan fingerprint density at radius 1 is 1.21 bits per heavy atom. The average Bonchev–Trinajstić information content (AvgIpc) is 2.28. The van der Waals surface area contributed by atoms with Crippen LogP contribution in [0.2, 0.25) is 0 Å². The molecule has 2 aliphatic rings. The van der Waals surface area contributed by atoms with Crippen molar-refractivity contribution in [3.63, 3.8) is 0 Å². The van der Waals surface area contributed by atoms with Crippen LogP contribution in [0, 0.1) is 0 Å². The molecule has 2 aliphatic heterocycles. The molecule has 0 radical (unpaired) electrons. The van der Waals surface area contributed by atoms with Crippen LogP contribution < -0.4 is 10.5 Å². The van der Waals surface area contributed by atoms with Crippen molar-refractivity contribution in [3.05, 3.63) is 28.2 Å². The van der Waals surface area contributed by atoms with E-state index < -0.39 is 0 Å². The molecule has 3 nitrogen and oxygen atoms in total. The highest BCUT2D eigenvalue weighted by Crippen LogP contribution is 2.45. The highest BCUT2D eigenvalue weighted by Gasteiger charge is 2.45. The summed E-state index contributed by atoms with van der Waals surface area (Å²) in [7, 11) is 0. The molecule has 0 aliphatic carbocycles. The van der Waals surface area contributed by atoms with Crippen LogP contribution in [0.4, 0.5) is 0 Å². The molecule has 19 heavy (non-hydrogen) atoms. The van der Waals surface area contributed by atoms with E-state index in [1.165, 1.54) is 0 Å². The van der Waals surface area contributed by atoms with E-state index in [0.717, 1.165) is 35.0 Å². The van der Waals surface area contributed by atoms with Crippen LogP contribution in [0.25, 0.3) is 0 Å². The zero-order valence-electron chi connectivity index (χ0n) is 11.4. The molecule has 2 unspecified atom stereocenters. The average molecular weight is 326 g/mol. The Labute approximate surface area is 122 Å². The van der Waals surface area contributed by atoms with Gasteiger partial charge in [0.1, 0.15) is 11.4 Å². The minimum absolute atomic E-state index is 0.0405. The first-order valence-electron chi connectivity index (χ1n) is 6.87. The molecule has 3 rings (SSSR count). The SMILES string of the molecule is CC1CC2(CC(C)O1)C[C@H](N)c1cc(Br)ccc1O2. The second-order valence-electron chi connectivity index (χ2n) is 5.94. The third-order valence-electron chi connectivity index (χ3n) is 4.07. The third-order valence-corrected chi connectivity index (χ3v) is 4.57. The fourth-order valence-corrected chi connectivity index (χ4v) is 3.94. The van der Waals surface area contributed by atoms with Gasteiger partial charge in [0.25, 0.3) is 0 Å². The topological polar surface area (TPSA) is 44.5 Å². The fraction of sp³-hybridized carbons (Fsp3) is 0.600. The van der Waals surface area contributed by atoms with Gasteiger partial charge in [-0.3, -0.25) is 0 Å². The maximum Gasteiger partial charge on any atom is 0.124 e. The van der Waals surface area contributed by atoms with E-state index in [1.54, 1.807) is 0 Å². The number of halogens is 1. The Kier molecular flexibility index (Phi) is 3.36. The highest BCUT2D eigenvalue weighted by molar-refractivity contribution is 9.10. The van der Waals surface area contributed by atoms with Gasteiger partial charge in [-0.15, -0.1) is 0 Å². The van der Waals surface area contributed by atoms with Gasteiger partial charge in [-0.25, -0.2) is 0 Å². The zero-order valence-corrected chi connectivity index (χ0v) is 12.9. The molecule has 1 fully saturated rings. The van der Waals surface area contributed by atoms with Crippen LogP contribution >= 0.6 is 15.9 Å². The Morgan fingerprint density at radius 2 is 1.89 bits per heavy atom. The van der Waals surface area contributed by atoms with Crippen LogP contribution in [0.15, 0.2) is 22.7 Å². The molecule has 2 heterocycles. The van der Waals surface area contributed by atoms with E-state index in [0.29, 0.717) is 0 Å². The van der Waals surface area contributed by atoms with Gasteiger partial charge in [0.2, 0.25) is 0 Å². The molecule has 1 aromatic carbocycles. The van der Waals surface area contributed by atoms with Crippen LogP contribution in [0.1, 0.15) is 44.7 Å². The van der Waals surface area contributed by atoms with Crippen molar-refractivity contribution < 1.29 is 9.47 Å². The van der Waals surface area contributed by atoms with Gasteiger partial charge in [0.15, 0.2) is 0 Å². The molecule has 1 spiro atoms. The quantitative estimate of drug-likeness (QED) is 0.793. The smallest absolute Gasteiger partial charge is 0.124 e. The molecule has 0 aromatic heterocycles. The lowest BCUT2D eigenvalue weighted by molar-refractivity contribution is -0.129. The number of hydrogen-bond acceptors (Lipinski definition) is 3. The largest absolute Gasteiger partial charge is 0.487 e. The van der Waals surface area contributed by atoms with E-state index in [2.05, 4.69) is 35.8 Å². The fourth-order valence-electron chi connectivity index (χ4n) is 3.56. The standard InChI is InChI=1S/C15H20BrNO2/c1-9-6-15(7-10(2)18-9)8-13(17)12-5-11(16)3-4-14(12)19-15/h3-5,9-10,13H,6-8,17H2,1-2H3/t9?,10?,13-,15?/m0/s1. The van der Waals surface area contributed by atoms with Gasteiger partial charge < -0.3 is 15.2 Å². The Balaban J connectivity index is 1.94. The monoisotopic (exact) mass is 325 g/mol. The number of benzene rings is 1. The van der Waals surface area contributed by atoms with Gasteiger partial charge >= 0.3 is 0 Å². The summed E-state index contributed by atoms with van der Waals surface area (Å²) in [5, 5.41) is 0. The lowest BCUT2D eigenvalue weighted by atomic mass is 9.79. The van der Waals surface area contributed by atoms with E-state index in [-0.39, 0.29) is 23.9 Å². The predicted octanol–water partition coefficient (Wildman–Crippen LogP) is 3.56. The first-order valence-corrected chi connectivity index (χ1v) is 7.66. The van der Waals surface area contributed by atoms with Crippen LogP contribution in [0.3, 0.4) is 0 Å². The van der Waals surface area contributed by atoms with Crippen molar-refractivity contribution in [3.8, 4) is 5.75 Å². The van der Waals surface area contributed by atoms with Crippen molar-refractivity contribution in [2.75, 3.05) is 0 Å². The third kappa shape index (κ3) is 2.54. The normalized spacial score (nSPS) is 37.8. The van der Waals surface area contributed by atoms with Crippen molar-refractivity contribution in [1.82, 2.24) is 0 Å². The maximum atomic E-state index is 6.37. The number of nitrogens with two attached hydrogens (primary N) is 1. The molecule has 2 N–H and O–H groups in total. The van der Waals surface area contributed by atoms with Gasteiger partial charge in [-0.05, 0) is 32.0 Å². The Morgan fingerprint density at radius 3 is 2.58 bits per heavy atom. The zero-order chi connectivity index (χ0) is 13.6. The van der Waals surface area contributed by atoms with E-state index in [4.69, 9.17) is 15.2 Å². The van der Waals surface area contributed by atoms with Crippen molar-refractivity contribution in [2.45, 2.75) is 57.0 Å². The lowest BCUT2D eigenvalue weighted by Gasteiger charge is -2.47. The molecule has 0 bridgehead atoms. The summed E-state index contributed by atoms with van der Waals surface area (Å²) >= 11 is 3.49. The molecule has 4 heteroatoms. The predicted molar refractivity (Wildman–Crippen MR) is 78.3 cm³/mol. The summed E-state index contributed by atoms with van der Waals surface area (Å²) in [5.74, 6) is 0.934. The number of hydrogen-bond donors (Lipinski definition) is 1. The minimum atomic E-state index is -0.155. The number of fused-ring (bicyclic) bond motifs is 1. The molecule has 104 valence electrons. The molecule has 0 amide bonds. The van der Waals surface area contributed by atoms with Crippen LogP contribution in [-0.2, 0) is 4.74 Å². The summed E-state index contributed by atoms with van der Waals surface area (Å²) in [6, 6.07) is 6.14. The van der Waals surface area contributed by atoms with Gasteiger partial charge in [0.05, 0.1) is 12.2 Å². The Hall–Kier alpha value is -0.580. The Bertz CT molecular complexity index is 481. The van der Waals surface area contributed by atoms with E-state index in [1.807, 2.05) is 12.1 Å². The van der Waals surface area contributed by atoms with Gasteiger partial charge in [-0.1, -0.05) is 15.9 Å². The summed E-state index contributed by atoms with van der Waals surface area (Å²) in [6.07, 6.45) is 3.16. The van der Waals surface area contributed by atoms with E-state index >= 15 is 0 Å². The molecular weight excluding hydrogens is 306 g/mol. The van der Waals surface area contributed by atoms with Crippen molar-refractivity contribution in [2.24, 2.45) is 5.73 Å². The summed E-state index contributed by atoms with van der Waals surface area (Å²) < 4.78 is 13.2. The molecular formula is C15H20BrNO2. The highest BCUT2D eigenvalue weighted by atomic mass is 79.9. The van der Waals surface area contributed by atoms with Crippen LogP contribution in [-0.4, -0.2) is 17.8 Å². The number of rotatable bonds is 0. The maximum absolute atomic E-state index is 6.37. The van der Waals surface area contributed by atoms with E-state index in [9.17, 15) is 0 Å². The lowest BCUT2D eigenvalue weighted by Crippen LogP contribution is -2.51. The molecule has 3 atom stereocenters. The van der Waals surface area contributed by atoms with Gasteiger partial charge in [-0.2, -0.15) is 0 Å². The first kappa shape index (κ1) is 13.4. The summed E-state index contributed by atoms with van der Waals surface area (Å²) in [4.78, 5) is 0. The summed E-state index contributed by atoms with van der Waals surface area (Å²) in [5.41, 5.74) is 7.32. The summed E-state index contributed by atoms with van der Waals surface area (Å²) in [6.45, 7) is 4.23.